The van der Waals surface area contributed by atoms with Gasteiger partial charge in [-0.2, -0.15) is 0 Å². The van der Waals surface area contributed by atoms with Crippen LogP contribution in [0.4, 0.5) is 0 Å². The third-order valence-corrected chi connectivity index (χ3v) is 5.98. The van der Waals surface area contributed by atoms with Crippen LogP contribution in [0.1, 0.15) is 23.0 Å². The zero-order chi connectivity index (χ0) is 20.1. The van der Waals surface area contributed by atoms with E-state index in [1.165, 1.54) is 0 Å². The molecule has 1 saturated heterocycles. The van der Waals surface area contributed by atoms with Crippen LogP contribution in [0.5, 0.6) is 5.75 Å². The lowest BCUT2D eigenvalue weighted by molar-refractivity contribution is 0.0623. The van der Waals surface area contributed by atoms with Crippen molar-refractivity contribution in [1.82, 2.24) is 14.8 Å². The van der Waals surface area contributed by atoms with E-state index in [2.05, 4.69) is 22.4 Å². The van der Waals surface area contributed by atoms with Gasteiger partial charge in [-0.05, 0) is 19.1 Å². The van der Waals surface area contributed by atoms with E-state index in [0.29, 0.717) is 17.9 Å². The Morgan fingerprint density at radius 1 is 1.03 bits per heavy atom. The quantitative estimate of drug-likeness (QED) is 0.615. The molecule has 4 rings (SSSR count). The van der Waals surface area contributed by atoms with E-state index in [1.54, 1.807) is 11.3 Å². The maximum Gasteiger partial charge on any atom is 0.257 e. The molecular weight excluding hydrogens is 382 g/mol. The molecule has 0 N–H and O–H groups in total. The smallest absolute Gasteiger partial charge is 0.257 e. The second-order valence-electron chi connectivity index (χ2n) is 7.01. The molecule has 1 fully saturated rings. The largest absolute Gasteiger partial charge is 0.493 e. The molecule has 29 heavy (non-hydrogen) atoms. The van der Waals surface area contributed by atoms with Crippen LogP contribution in [0.15, 0.2) is 60.0 Å². The number of carbonyl (C=O) groups excluding carboxylic acids is 1. The molecule has 1 aliphatic rings. The number of hydrogen-bond donors (Lipinski definition) is 0. The molecule has 0 bridgehead atoms. The number of amides is 1. The van der Waals surface area contributed by atoms with E-state index in [1.807, 2.05) is 54.3 Å². The van der Waals surface area contributed by atoms with E-state index in [-0.39, 0.29) is 5.91 Å². The summed E-state index contributed by atoms with van der Waals surface area (Å²) in [4.78, 5) is 22.0. The van der Waals surface area contributed by atoms with Gasteiger partial charge in [0, 0.05) is 43.7 Å². The SMILES string of the molecule is CCOc1ccccc1C(=O)N1CCN(Cc2csc(-c3ccccc3)n2)CC1. The Morgan fingerprint density at radius 2 is 1.76 bits per heavy atom. The molecule has 0 saturated carbocycles. The molecule has 0 unspecified atom stereocenters. The van der Waals surface area contributed by atoms with Crippen LogP contribution in [-0.2, 0) is 6.54 Å². The molecule has 150 valence electrons. The fraction of sp³-hybridized carbons (Fsp3) is 0.304. The molecule has 1 aromatic heterocycles. The molecule has 3 aromatic rings. The van der Waals surface area contributed by atoms with Gasteiger partial charge in [-0.15, -0.1) is 11.3 Å². The Morgan fingerprint density at radius 3 is 2.52 bits per heavy atom. The third-order valence-electron chi connectivity index (χ3n) is 5.03. The first-order valence-electron chi connectivity index (χ1n) is 9.98. The zero-order valence-corrected chi connectivity index (χ0v) is 17.4. The lowest BCUT2D eigenvalue weighted by Gasteiger charge is -2.34. The van der Waals surface area contributed by atoms with Gasteiger partial charge in [-0.25, -0.2) is 4.98 Å². The maximum absolute atomic E-state index is 12.9. The molecule has 1 aliphatic heterocycles. The first-order chi connectivity index (χ1) is 14.2. The van der Waals surface area contributed by atoms with Crippen LogP contribution in [0.2, 0.25) is 0 Å². The number of thiazole rings is 1. The first-order valence-corrected chi connectivity index (χ1v) is 10.9. The summed E-state index contributed by atoms with van der Waals surface area (Å²) in [6.45, 7) is 6.44. The molecule has 0 radical (unpaired) electrons. The van der Waals surface area contributed by atoms with Crippen molar-refractivity contribution >= 4 is 17.2 Å². The van der Waals surface area contributed by atoms with E-state index in [9.17, 15) is 4.79 Å². The minimum atomic E-state index is 0.0497. The first kappa shape index (κ1) is 19.6. The van der Waals surface area contributed by atoms with Crippen molar-refractivity contribution in [3.8, 4) is 16.3 Å². The van der Waals surface area contributed by atoms with Crippen LogP contribution in [0.25, 0.3) is 10.6 Å². The monoisotopic (exact) mass is 407 g/mol. The molecule has 2 aromatic carbocycles. The van der Waals surface area contributed by atoms with Crippen molar-refractivity contribution in [2.24, 2.45) is 0 Å². The number of ether oxygens (including phenoxy) is 1. The van der Waals surface area contributed by atoms with Crippen molar-refractivity contribution in [3.05, 3.63) is 71.2 Å². The highest BCUT2D eigenvalue weighted by molar-refractivity contribution is 7.13. The number of hydrogen-bond acceptors (Lipinski definition) is 5. The molecule has 1 amide bonds. The standard InChI is InChI=1S/C23H25N3O2S/c1-2-28-21-11-7-6-10-20(21)23(27)26-14-12-25(13-15-26)16-19-17-29-22(24-19)18-8-4-3-5-9-18/h3-11,17H,2,12-16H2,1H3. The van der Waals surface area contributed by atoms with Crippen LogP contribution < -0.4 is 4.74 Å². The van der Waals surface area contributed by atoms with Crippen LogP contribution in [0, 0.1) is 0 Å². The summed E-state index contributed by atoms with van der Waals surface area (Å²) in [5.74, 6) is 0.715. The number of piperazine rings is 1. The second-order valence-corrected chi connectivity index (χ2v) is 7.87. The normalized spacial score (nSPS) is 14.7. The molecule has 5 nitrogen and oxygen atoms in total. The summed E-state index contributed by atoms with van der Waals surface area (Å²) in [6.07, 6.45) is 0. The second kappa shape index (κ2) is 9.20. The molecule has 0 aliphatic carbocycles. The van der Waals surface area contributed by atoms with Gasteiger partial charge in [0.2, 0.25) is 0 Å². The minimum absolute atomic E-state index is 0.0497. The highest BCUT2D eigenvalue weighted by atomic mass is 32.1. The maximum atomic E-state index is 12.9. The number of carbonyl (C=O) groups is 1. The highest BCUT2D eigenvalue weighted by Gasteiger charge is 2.24. The van der Waals surface area contributed by atoms with Crippen molar-refractivity contribution < 1.29 is 9.53 Å². The summed E-state index contributed by atoms with van der Waals surface area (Å²) < 4.78 is 5.62. The van der Waals surface area contributed by atoms with E-state index in [4.69, 9.17) is 9.72 Å². The van der Waals surface area contributed by atoms with E-state index in [0.717, 1.165) is 49.0 Å². The Labute approximate surface area is 175 Å². The summed E-state index contributed by atoms with van der Waals surface area (Å²) in [5, 5.41) is 3.19. The average molecular weight is 408 g/mol. The van der Waals surface area contributed by atoms with Crippen molar-refractivity contribution in [1.29, 1.82) is 0 Å². The lowest BCUT2D eigenvalue weighted by Crippen LogP contribution is -2.48. The Kier molecular flexibility index (Phi) is 6.22. The number of aromatic nitrogens is 1. The Balaban J connectivity index is 1.34. The predicted octanol–water partition coefficient (Wildman–Crippen LogP) is 4.17. The van der Waals surface area contributed by atoms with Crippen LogP contribution >= 0.6 is 11.3 Å². The highest BCUT2D eigenvalue weighted by Crippen LogP contribution is 2.24. The van der Waals surface area contributed by atoms with Gasteiger partial charge in [0.15, 0.2) is 0 Å². The van der Waals surface area contributed by atoms with Gasteiger partial charge in [-0.3, -0.25) is 9.69 Å². The molecule has 6 heteroatoms. The van der Waals surface area contributed by atoms with E-state index >= 15 is 0 Å². The number of nitrogens with zero attached hydrogens (tertiary/aromatic N) is 3. The van der Waals surface area contributed by atoms with Crippen LogP contribution in [0.3, 0.4) is 0 Å². The fourth-order valence-corrected chi connectivity index (χ4v) is 4.34. The Bertz CT molecular complexity index is 950. The Hall–Kier alpha value is -2.70. The van der Waals surface area contributed by atoms with Gasteiger partial charge in [0.25, 0.3) is 5.91 Å². The predicted molar refractivity (Wildman–Crippen MR) is 116 cm³/mol. The number of para-hydroxylation sites is 1. The van der Waals surface area contributed by atoms with Crippen molar-refractivity contribution in [2.45, 2.75) is 13.5 Å². The molecule has 0 atom stereocenters. The van der Waals surface area contributed by atoms with Crippen LogP contribution in [-0.4, -0.2) is 53.5 Å². The third kappa shape index (κ3) is 4.66. The van der Waals surface area contributed by atoms with Gasteiger partial charge in [0.05, 0.1) is 17.9 Å². The summed E-state index contributed by atoms with van der Waals surface area (Å²) in [7, 11) is 0. The van der Waals surface area contributed by atoms with Crippen molar-refractivity contribution in [2.75, 3.05) is 32.8 Å². The summed E-state index contributed by atoms with van der Waals surface area (Å²) in [5.41, 5.74) is 2.90. The number of rotatable bonds is 6. The van der Waals surface area contributed by atoms with Gasteiger partial charge in [-0.1, -0.05) is 42.5 Å². The molecule has 2 heterocycles. The topological polar surface area (TPSA) is 45.7 Å². The van der Waals surface area contributed by atoms with Gasteiger partial charge < -0.3 is 9.64 Å². The minimum Gasteiger partial charge on any atom is -0.493 e. The van der Waals surface area contributed by atoms with Crippen molar-refractivity contribution in [3.63, 3.8) is 0 Å². The summed E-state index contributed by atoms with van der Waals surface area (Å²) in [6, 6.07) is 17.8. The lowest BCUT2D eigenvalue weighted by atomic mass is 10.1. The molecule has 0 spiro atoms. The van der Waals surface area contributed by atoms with Gasteiger partial charge >= 0.3 is 0 Å². The zero-order valence-electron chi connectivity index (χ0n) is 16.6. The van der Waals surface area contributed by atoms with E-state index < -0.39 is 0 Å². The fourth-order valence-electron chi connectivity index (χ4n) is 3.53. The number of benzene rings is 2. The average Bonchev–Trinajstić information content (AvgIpc) is 3.24. The van der Waals surface area contributed by atoms with Gasteiger partial charge in [0.1, 0.15) is 10.8 Å². The molecular formula is C23H25N3O2S. The summed E-state index contributed by atoms with van der Waals surface area (Å²) >= 11 is 1.68.